The van der Waals surface area contributed by atoms with E-state index in [4.69, 9.17) is 0 Å². The number of hydrogen-bond acceptors (Lipinski definition) is 4. The predicted octanol–water partition coefficient (Wildman–Crippen LogP) is 2.75. The van der Waals surface area contributed by atoms with Gasteiger partial charge >= 0.3 is 0 Å². The average Bonchev–Trinajstić information content (AvgIpc) is 3.01. The summed E-state index contributed by atoms with van der Waals surface area (Å²) in [5.74, 6) is 0. The summed E-state index contributed by atoms with van der Waals surface area (Å²) in [6.45, 7) is 11.4. The molecule has 28 heavy (non-hydrogen) atoms. The van der Waals surface area contributed by atoms with Crippen molar-refractivity contribution in [2.45, 2.75) is 51.7 Å². The molecule has 0 aliphatic carbocycles. The quantitative estimate of drug-likeness (QED) is 0.832. The van der Waals surface area contributed by atoms with E-state index in [1.54, 1.807) is 0 Å². The van der Waals surface area contributed by atoms with Gasteiger partial charge in [-0.1, -0.05) is 18.2 Å². The lowest BCUT2D eigenvalue weighted by Gasteiger charge is -2.47. The molecule has 2 aliphatic heterocycles. The Morgan fingerprint density at radius 3 is 2.61 bits per heavy atom. The van der Waals surface area contributed by atoms with Crippen LogP contribution >= 0.6 is 0 Å². The number of nitrogens with zero attached hydrogens (tertiary/aromatic N) is 3. The van der Waals surface area contributed by atoms with Gasteiger partial charge in [-0.15, -0.1) is 0 Å². The maximum absolute atomic E-state index is 9.66. The zero-order valence-corrected chi connectivity index (χ0v) is 17.7. The highest BCUT2D eigenvalue weighted by Crippen LogP contribution is 2.27. The second-order valence-corrected chi connectivity index (χ2v) is 8.90. The lowest BCUT2D eigenvalue weighted by Crippen LogP contribution is -2.58. The first-order valence-corrected chi connectivity index (χ1v) is 10.9. The van der Waals surface area contributed by atoms with Crippen LogP contribution in [0.5, 0.6) is 0 Å². The van der Waals surface area contributed by atoms with Crippen LogP contribution in [-0.2, 0) is 6.54 Å². The Morgan fingerprint density at radius 2 is 1.89 bits per heavy atom. The number of para-hydroxylation sites is 1. The highest BCUT2D eigenvalue weighted by atomic mass is 16.3. The summed E-state index contributed by atoms with van der Waals surface area (Å²) in [6.07, 6.45) is 3.41. The number of H-pyrrole nitrogens is 1. The zero-order chi connectivity index (χ0) is 19.7. The summed E-state index contributed by atoms with van der Waals surface area (Å²) in [6, 6.07) is 7.72. The number of fused-ring (bicyclic) bond motifs is 1. The van der Waals surface area contributed by atoms with Crippen LogP contribution in [0.2, 0.25) is 0 Å². The molecule has 1 aromatic heterocycles. The van der Waals surface area contributed by atoms with Crippen LogP contribution in [0.4, 0.5) is 0 Å². The summed E-state index contributed by atoms with van der Waals surface area (Å²) in [5, 5.41) is 11.0. The Morgan fingerprint density at radius 1 is 1.11 bits per heavy atom. The molecule has 3 heterocycles. The van der Waals surface area contributed by atoms with Gasteiger partial charge in [-0.05, 0) is 64.4 Å². The Bertz CT molecular complexity index is 793. The van der Waals surface area contributed by atoms with Gasteiger partial charge in [-0.2, -0.15) is 0 Å². The third kappa shape index (κ3) is 3.99. The summed E-state index contributed by atoms with van der Waals surface area (Å²) in [4.78, 5) is 11.4. The Kier molecular flexibility index (Phi) is 6.07. The van der Waals surface area contributed by atoms with E-state index in [0.29, 0.717) is 12.1 Å². The fourth-order valence-corrected chi connectivity index (χ4v) is 5.23. The lowest BCUT2D eigenvalue weighted by atomic mass is 9.98. The van der Waals surface area contributed by atoms with Crippen LogP contribution in [0.15, 0.2) is 18.2 Å². The number of aromatic nitrogens is 1. The molecule has 0 amide bonds. The molecule has 1 aromatic carbocycles. The number of benzene rings is 1. The van der Waals surface area contributed by atoms with Crippen molar-refractivity contribution in [3.05, 3.63) is 35.0 Å². The first-order chi connectivity index (χ1) is 13.6. The number of aliphatic hydroxyl groups excluding tert-OH is 1. The minimum absolute atomic E-state index is 0.284. The van der Waals surface area contributed by atoms with E-state index in [-0.39, 0.29) is 6.61 Å². The van der Waals surface area contributed by atoms with Crippen LogP contribution in [0.25, 0.3) is 10.9 Å². The number of piperazine rings is 1. The highest BCUT2D eigenvalue weighted by molar-refractivity contribution is 5.86. The Hall–Kier alpha value is -1.40. The fraction of sp³-hybridized carbons (Fsp3) is 0.652. The topological polar surface area (TPSA) is 45.7 Å². The molecule has 4 rings (SSSR count). The molecule has 0 bridgehead atoms. The standard InChI is InChI=1S/C23H36N4O/c1-17-5-4-6-21-18(2)22(24-23(17)21)16-26-12-13-27(20(15-26)9-14-28)19-7-10-25(3)11-8-19/h4-6,19-20,24,28H,7-16H2,1-3H3. The first-order valence-electron chi connectivity index (χ1n) is 10.9. The second kappa shape index (κ2) is 8.54. The summed E-state index contributed by atoms with van der Waals surface area (Å²) < 4.78 is 0. The van der Waals surface area contributed by atoms with Gasteiger partial charge in [0, 0.05) is 61.5 Å². The van der Waals surface area contributed by atoms with Gasteiger partial charge in [0.1, 0.15) is 0 Å². The SMILES string of the molecule is Cc1c(CN2CCN(C3CCN(C)CC3)C(CCO)C2)[nH]c2c(C)cccc12. The van der Waals surface area contributed by atoms with E-state index in [9.17, 15) is 5.11 Å². The molecular weight excluding hydrogens is 348 g/mol. The van der Waals surface area contributed by atoms with E-state index in [1.807, 2.05) is 0 Å². The van der Waals surface area contributed by atoms with Crippen LogP contribution < -0.4 is 0 Å². The van der Waals surface area contributed by atoms with Gasteiger partial charge in [0.25, 0.3) is 0 Å². The van der Waals surface area contributed by atoms with Crippen LogP contribution in [0.1, 0.15) is 36.1 Å². The number of nitrogens with one attached hydrogen (secondary N) is 1. The number of aliphatic hydroxyl groups is 1. The van der Waals surface area contributed by atoms with Gasteiger partial charge in [-0.3, -0.25) is 9.80 Å². The average molecular weight is 385 g/mol. The molecule has 2 fully saturated rings. The van der Waals surface area contributed by atoms with E-state index in [2.05, 4.69) is 58.8 Å². The predicted molar refractivity (Wildman–Crippen MR) is 116 cm³/mol. The second-order valence-electron chi connectivity index (χ2n) is 8.90. The van der Waals surface area contributed by atoms with E-state index >= 15 is 0 Å². The van der Waals surface area contributed by atoms with Crippen molar-refractivity contribution in [1.82, 2.24) is 19.7 Å². The normalized spacial score (nSPS) is 23.6. The fourth-order valence-electron chi connectivity index (χ4n) is 5.23. The van der Waals surface area contributed by atoms with Gasteiger partial charge < -0.3 is 15.0 Å². The monoisotopic (exact) mass is 384 g/mol. The molecule has 1 unspecified atom stereocenters. The molecule has 2 N–H and O–H groups in total. The molecule has 1 atom stereocenters. The van der Waals surface area contributed by atoms with Crippen molar-refractivity contribution < 1.29 is 5.11 Å². The molecule has 0 saturated carbocycles. The van der Waals surface area contributed by atoms with Crippen LogP contribution in [0, 0.1) is 13.8 Å². The summed E-state index contributed by atoms with van der Waals surface area (Å²) in [7, 11) is 2.23. The molecule has 2 saturated heterocycles. The Labute approximate surface area is 169 Å². The number of hydrogen-bond donors (Lipinski definition) is 2. The van der Waals surface area contributed by atoms with Gasteiger partial charge in [0.2, 0.25) is 0 Å². The van der Waals surface area contributed by atoms with Crippen molar-refractivity contribution in [3.8, 4) is 0 Å². The van der Waals surface area contributed by atoms with Crippen molar-refractivity contribution in [3.63, 3.8) is 0 Å². The zero-order valence-electron chi connectivity index (χ0n) is 17.7. The van der Waals surface area contributed by atoms with Crippen LogP contribution in [0.3, 0.4) is 0 Å². The van der Waals surface area contributed by atoms with Crippen molar-refractivity contribution in [1.29, 1.82) is 0 Å². The van der Waals surface area contributed by atoms with E-state index in [1.165, 1.54) is 53.7 Å². The Balaban J connectivity index is 1.46. The maximum Gasteiger partial charge on any atom is 0.0488 e. The van der Waals surface area contributed by atoms with Crippen LogP contribution in [-0.4, -0.2) is 83.3 Å². The highest BCUT2D eigenvalue weighted by Gasteiger charge is 2.33. The number of aromatic amines is 1. The minimum Gasteiger partial charge on any atom is -0.396 e. The van der Waals surface area contributed by atoms with Gasteiger partial charge in [0.15, 0.2) is 0 Å². The van der Waals surface area contributed by atoms with E-state index in [0.717, 1.165) is 32.6 Å². The largest absolute Gasteiger partial charge is 0.396 e. The number of likely N-dealkylation sites (tertiary alicyclic amines) is 1. The molecule has 2 aliphatic rings. The summed E-state index contributed by atoms with van der Waals surface area (Å²) in [5.41, 5.74) is 5.33. The smallest absolute Gasteiger partial charge is 0.0488 e. The molecule has 154 valence electrons. The molecule has 0 spiro atoms. The molecule has 5 nitrogen and oxygen atoms in total. The third-order valence-electron chi connectivity index (χ3n) is 7.02. The molecule has 2 aromatic rings. The lowest BCUT2D eigenvalue weighted by molar-refractivity contribution is 0.00566. The van der Waals surface area contributed by atoms with Gasteiger partial charge in [0.05, 0.1) is 0 Å². The molecule has 0 radical (unpaired) electrons. The molecule has 5 heteroatoms. The summed E-state index contributed by atoms with van der Waals surface area (Å²) >= 11 is 0. The molecular formula is C23H36N4O. The van der Waals surface area contributed by atoms with Crippen molar-refractivity contribution in [2.75, 3.05) is 46.4 Å². The number of rotatable bonds is 5. The first kappa shape index (κ1) is 19.9. The maximum atomic E-state index is 9.66. The number of piperidine rings is 1. The number of aryl methyl sites for hydroxylation is 2. The van der Waals surface area contributed by atoms with Gasteiger partial charge in [-0.25, -0.2) is 0 Å². The minimum atomic E-state index is 0.284. The van der Waals surface area contributed by atoms with E-state index < -0.39 is 0 Å². The van der Waals surface area contributed by atoms with Crippen molar-refractivity contribution >= 4 is 10.9 Å². The van der Waals surface area contributed by atoms with Crippen molar-refractivity contribution in [2.24, 2.45) is 0 Å². The third-order valence-corrected chi connectivity index (χ3v) is 7.02.